The van der Waals surface area contributed by atoms with Gasteiger partial charge in [0.25, 0.3) is 0 Å². The SMILES string of the molecule is CCCCCC/C=C\C=C/CCCCCCCC(=O)OC[C@H](COP(=O)(O)OC[C@@H](O)COP(=O)(O)OC[C@@H](COC(=O)CCCCCCCCCCCC)OC(=O)CCCCCCCCCCC(C)CC)OC(=O)CCCCCCCCCCCCCCCCCC(C)C. The lowest BCUT2D eigenvalue weighted by Crippen LogP contribution is -2.30. The quantitative estimate of drug-likeness (QED) is 0.0169. The molecule has 0 aliphatic rings. The van der Waals surface area contributed by atoms with E-state index < -0.39 is 97.5 Å². The van der Waals surface area contributed by atoms with E-state index in [-0.39, 0.29) is 25.7 Å². The molecule has 0 rings (SSSR count). The number of rotatable bonds is 73. The molecule has 0 fully saturated rings. The van der Waals surface area contributed by atoms with Gasteiger partial charge in [-0.1, -0.05) is 316 Å². The monoisotopic (exact) mass is 1390 g/mol. The maximum Gasteiger partial charge on any atom is 0.472 e. The number of aliphatic hydroxyl groups is 1. The first-order valence-corrected chi connectivity index (χ1v) is 41.8. The van der Waals surface area contributed by atoms with Gasteiger partial charge < -0.3 is 33.8 Å². The fraction of sp³-hybridized carbons (Fsp3) is 0.895. The minimum atomic E-state index is -4.96. The third-order valence-electron chi connectivity index (χ3n) is 17.4. The Morgan fingerprint density at radius 2 is 0.621 bits per heavy atom. The van der Waals surface area contributed by atoms with Crippen LogP contribution >= 0.6 is 15.6 Å². The lowest BCUT2D eigenvalue weighted by atomic mass is 9.99. The standard InChI is InChI=1S/C76H144O17P2/c1-7-10-12-14-16-18-20-21-23-27-30-34-41-47-53-59-74(79)87-64-71(92-75(80)60-54-48-42-35-31-28-25-22-24-26-29-32-38-44-50-56-68(4)5)66-90-94(82,83)88-62-70(77)63-89-95(84,85)91-67-72(65-86-73(78)58-52-46-40-33-19-17-15-13-11-8-2)93-76(81)61-55-49-43-37-36-39-45-51-57-69(6)9-3/h18,20-21,23,68-72,77H,7-17,19,22,24-67H2,1-6H3,(H,82,83)(H,84,85)/b20-18-,23-21-/t69?,70-,71-,72-/m1/s1. The van der Waals surface area contributed by atoms with Crippen LogP contribution in [0.25, 0.3) is 0 Å². The van der Waals surface area contributed by atoms with Crippen LogP contribution in [-0.2, 0) is 65.4 Å². The molecule has 0 aromatic rings. The van der Waals surface area contributed by atoms with Crippen LogP contribution < -0.4 is 0 Å². The van der Waals surface area contributed by atoms with Crippen LogP contribution in [0, 0.1) is 11.8 Å². The zero-order valence-corrected chi connectivity index (χ0v) is 63.2. The van der Waals surface area contributed by atoms with Crippen molar-refractivity contribution in [3.63, 3.8) is 0 Å². The first kappa shape index (κ1) is 92.5. The third-order valence-corrected chi connectivity index (χ3v) is 19.3. The molecule has 0 bridgehead atoms. The Balaban J connectivity index is 5.28. The fourth-order valence-corrected chi connectivity index (χ4v) is 12.7. The minimum Gasteiger partial charge on any atom is -0.462 e. The molecule has 0 aliphatic heterocycles. The fourth-order valence-electron chi connectivity index (χ4n) is 11.1. The largest absolute Gasteiger partial charge is 0.472 e. The van der Waals surface area contributed by atoms with Gasteiger partial charge in [-0.3, -0.25) is 37.3 Å². The lowest BCUT2D eigenvalue weighted by molar-refractivity contribution is -0.161. The number of unbranched alkanes of at least 4 members (excludes halogenated alkanes) is 39. The number of carbonyl (C=O) groups is 4. The van der Waals surface area contributed by atoms with Gasteiger partial charge in [-0.05, 0) is 63.2 Å². The molecule has 560 valence electrons. The molecule has 0 spiro atoms. The van der Waals surface area contributed by atoms with E-state index in [9.17, 15) is 43.2 Å². The van der Waals surface area contributed by atoms with Crippen molar-refractivity contribution in [3.05, 3.63) is 24.3 Å². The summed E-state index contributed by atoms with van der Waals surface area (Å²) in [5.74, 6) is -0.579. The number of hydrogen-bond acceptors (Lipinski definition) is 15. The molecule has 19 heteroatoms. The van der Waals surface area contributed by atoms with Gasteiger partial charge in [-0.25, -0.2) is 9.13 Å². The van der Waals surface area contributed by atoms with Crippen LogP contribution in [-0.4, -0.2) is 96.7 Å². The highest BCUT2D eigenvalue weighted by Gasteiger charge is 2.30. The third kappa shape index (κ3) is 68.5. The number of hydrogen-bond donors (Lipinski definition) is 3. The Morgan fingerprint density at radius 3 is 0.947 bits per heavy atom. The van der Waals surface area contributed by atoms with E-state index in [2.05, 4.69) is 65.8 Å². The zero-order valence-electron chi connectivity index (χ0n) is 61.5. The van der Waals surface area contributed by atoms with Gasteiger partial charge in [0.15, 0.2) is 12.2 Å². The second kappa shape index (κ2) is 67.4. The van der Waals surface area contributed by atoms with E-state index in [1.54, 1.807) is 0 Å². The Kier molecular flexibility index (Phi) is 65.6. The van der Waals surface area contributed by atoms with Gasteiger partial charge in [-0.15, -0.1) is 0 Å². The van der Waals surface area contributed by atoms with Gasteiger partial charge in [0.05, 0.1) is 26.4 Å². The summed E-state index contributed by atoms with van der Waals surface area (Å²) in [5.41, 5.74) is 0. The first-order valence-electron chi connectivity index (χ1n) is 38.8. The Hall–Kier alpha value is -2.46. The molecule has 6 atom stereocenters. The average Bonchev–Trinajstić information content (AvgIpc) is 1.40. The lowest BCUT2D eigenvalue weighted by Gasteiger charge is -2.21. The van der Waals surface area contributed by atoms with Crippen molar-refractivity contribution in [3.8, 4) is 0 Å². The summed E-state index contributed by atoms with van der Waals surface area (Å²) in [4.78, 5) is 72.8. The van der Waals surface area contributed by atoms with Crippen LogP contribution in [0.1, 0.15) is 369 Å². The van der Waals surface area contributed by atoms with Crippen molar-refractivity contribution in [2.75, 3.05) is 39.6 Å². The second-order valence-corrected chi connectivity index (χ2v) is 30.3. The van der Waals surface area contributed by atoms with Gasteiger partial charge in [0, 0.05) is 25.7 Å². The second-order valence-electron chi connectivity index (χ2n) is 27.4. The average molecular weight is 1390 g/mol. The number of aliphatic hydroxyl groups excluding tert-OH is 1. The molecule has 0 aromatic carbocycles. The van der Waals surface area contributed by atoms with Gasteiger partial charge in [-0.2, -0.15) is 0 Å². The maximum absolute atomic E-state index is 13.1. The number of esters is 4. The number of carbonyl (C=O) groups excluding carboxylic acids is 4. The molecule has 17 nitrogen and oxygen atoms in total. The molecule has 95 heavy (non-hydrogen) atoms. The Labute approximate surface area is 580 Å². The molecule has 0 saturated carbocycles. The summed E-state index contributed by atoms with van der Waals surface area (Å²) in [6, 6.07) is 0. The van der Waals surface area contributed by atoms with Crippen LogP contribution in [0.15, 0.2) is 24.3 Å². The van der Waals surface area contributed by atoms with Crippen LogP contribution in [0.2, 0.25) is 0 Å². The molecular weight excluding hydrogens is 1250 g/mol. The highest BCUT2D eigenvalue weighted by atomic mass is 31.2. The highest BCUT2D eigenvalue weighted by Crippen LogP contribution is 2.45. The van der Waals surface area contributed by atoms with E-state index in [0.29, 0.717) is 25.7 Å². The minimum absolute atomic E-state index is 0.101. The van der Waals surface area contributed by atoms with E-state index >= 15 is 0 Å². The summed E-state index contributed by atoms with van der Waals surface area (Å²) < 4.78 is 68.5. The molecule has 3 unspecified atom stereocenters. The molecular formula is C76H144O17P2. The molecule has 0 amide bonds. The van der Waals surface area contributed by atoms with Crippen LogP contribution in [0.3, 0.4) is 0 Å². The number of allylic oxidation sites excluding steroid dienone is 4. The summed E-state index contributed by atoms with van der Waals surface area (Å²) >= 11 is 0. The van der Waals surface area contributed by atoms with Crippen molar-refractivity contribution >= 4 is 39.5 Å². The van der Waals surface area contributed by atoms with E-state index in [1.165, 1.54) is 167 Å². The summed E-state index contributed by atoms with van der Waals surface area (Å²) in [5, 5.41) is 10.6. The van der Waals surface area contributed by atoms with E-state index in [1.807, 2.05) is 0 Å². The number of ether oxygens (including phenoxy) is 4. The van der Waals surface area contributed by atoms with Crippen LogP contribution in [0.4, 0.5) is 0 Å². The van der Waals surface area contributed by atoms with E-state index in [0.717, 1.165) is 121 Å². The first-order chi connectivity index (χ1) is 45.9. The number of phosphoric acid groups is 2. The molecule has 0 heterocycles. The summed E-state index contributed by atoms with van der Waals surface area (Å²) in [7, 11) is -9.92. The van der Waals surface area contributed by atoms with Gasteiger partial charge in [0.1, 0.15) is 19.3 Å². The zero-order chi connectivity index (χ0) is 70.0. The summed E-state index contributed by atoms with van der Waals surface area (Å²) in [6.07, 6.45) is 57.6. The molecule has 0 aromatic heterocycles. The van der Waals surface area contributed by atoms with Crippen molar-refractivity contribution in [1.82, 2.24) is 0 Å². The predicted octanol–water partition coefficient (Wildman–Crippen LogP) is 21.9. The Morgan fingerprint density at radius 1 is 0.347 bits per heavy atom. The topological polar surface area (TPSA) is 237 Å². The molecule has 0 saturated heterocycles. The predicted molar refractivity (Wildman–Crippen MR) is 386 cm³/mol. The molecule has 0 aliphatic carbocycles. The van der Waals surface area contributed by atoms with Crippen molar-refractivity contribution in [2.24, 2.45) is 11.8 Å². The van der Waals surface area contributed by atoms with Gasteiger partial charge >= 0.3 is 39.5 Å². The number of phosphoric ester groups is 2. The highest BCUT2D eigenvalue weighted by molar-refractivity contribution is 7.47. The van der Waals surface area contributed by atoms with Crippen molar-refractivity contribution in [2.45, 2.75) is 387 Å². The normalized spacial score (nSPS) is 14.5. The molecule has 3 N–H and O–H groups in total. The summed E-state index contributed by atoms with van der Waals surface area (Å²) in [6.45, 7) is 9.54. The van der Waals surface area contributed by atoms with Crippen molar-refractivity contribution in [1.29, 1.82) is 0 Å². The van der Waals surface area contributed by atoms with Gasteiger partial charge in [0.2, 0.25) is 0 Å². The molecule has 0 radical (unpaired) electrons. The maximum atomic E-state index is 13.1. The Bertz CT molecular complexity index is 1930. The smallest absolute Gasteiger partial charge is 0.462 e. The van der Waals surface area contributed by atoms with Crippen molar-refractivity contribution < 1.29 is 80.2 Å². The van der Waals surface area contributed by atoms with Crippen LogP contribution in [0.5, 0.6) is 0 Å². The van der Waals surface area contributed by atoms with E-state index in [4.69, 9.17) is 37.0 Å².